The summed E-state index contributed by atoms with van der Waals surface area (Å²) in [6.45, 7) is 2.27. The fourth-order valence-electron chi connectivity index (χ4n) is 1.73. The normalized spacial score (nSPS) is 10.5. The zero-order valence-electron chi connectivity index (χ0n) is 10.6. The van der Waals surface area contributed by atoms with Gasteiger partial charge in [-0.2, -0.15) is 5.10 Å². The molecule has 2 aromatic rings. The first-order valence-corrected chi connectivity index (χ1v) is 6.03. The maximum absolute atomic E-state index is 12.0. The van der Waals surface area contributed by atoms with Crippen molar-refractivity contribution in [2.75, 3.05) is 5.73 Å². The highest BCUT2D eigenvalue weighted by molar-refractivity contribution is 6.29. The predicted molar refractivity (Wildman–Crippen MR) is 72.8 cm³/mol. The number of pyridine rings is 1. The average Bonchev–Trinajstić information content (AvgIpc) is 2.68. The van der Waals surface area contributed by atoms with E-state index in [1.807, 2.05) is 20.2 Å². The first-order valence-electron chi connectivity index (χ1n) is 5.65. The van der Waals surface area contributed by atoms with E-state index >= 15 is 0 Å². The Hall–Kier alpha value is -2.08. The second-order valence-corrected chi connectivity index (χ2v) is 4.58. The number of amides is 1. The van der Waals surface area contributed by atoms with Crippen molar-refractivity contribution in [1.29, 1.82) is 0 Å². The molecule has 0 spiro atoms. The number of aryl methyl sites for hydroxylation is 2. The van der Waals surface area contributed by atoms with Crippen molar-refractivity contribution in [2.24, 2.45) is 7.05 Å². The molecule has 0 saturated heterocycles. The Balaban J connectivity index is 2.09. The third kappa shape index (κ3) is 3.03. The molecule has 0 fully saturated rings. The lowest BCUT2D eigenvalue weighted by Gasteiger charge is -2.07. The minimum absolute atomic E-state index is 0.233. The van der Waals surface area contributed by atoms with Crippen LogP contribution in [0.25, 0.3) is 0 Å². The number of hydrogen-bond acceptors (Lipinski definition) is 4. The van der Waals surface area contributed by atoms with Gasteiger partial charge < -0.3 is 11.1 Å². The van der Waals surface area contributed by atoms with Gasteiger partial charge in [-0.15, -0.1) is 0 Å². The predicted octanol–water partition coefficient (Wildman–Crippen LogP) is 1.29. The lowest BCUT2D eigenvalue weighted by atomic mass is 10.2. The van der Waals surface area contributed by atoms with E-state index < -0.39 is 0 Å². The maximum Gasteiger partial charge on any atom is 0.253 e. The number of nitrogen functional groups attached to an aromatic ring is 1. The zero-order valence-corrected chi connectivity index (χ0v) is 11.4. The summed E-state index contributed by atoms with van der Waals surface area (Å²) in [6, 6.07) is 1.45. The second-order valence-electron chi connectivity index (χ2n) is 4.19. The Morgan fingerprint density at radius 3 is 2.95 bits per heavy atom. The van der Waals surface area contributed by atoms with E-state index in [9.17, 15) is 4.79 Å². The van der Waals surface area contributed by atoms with Crippen molar-refractivity contribution in [3.63, 3.8) is 0 Å². The SMILES string of the molecule is Cc1nn(C)cc1CNC(=O)c1cc(Cl)ncc1N. The van der Waals surface area contributed by atoms with Crippen LogP contribution in [-0.4, -0.2) is 20.7 Å². The van der Waals surface area contributed by atoms with E-state index in [0.29, 0.717) is 17.8 Å². The molecule has 0 aliphatic carbocycles. The van der Waals surface area contributed by atoms with Crippen molar-refractivity contribution in [3.8, 4) is 0 Å². The fraction of sp³-hybridized carbons (Fsp3) is 0.250. The molecule has 0 bridgehead atoms. The van der Waals surface area contributed by atoms with Crippen molar-refractivity contribution < 1.29 is 4.79 Å². The van der Waals surface area contributed by atoms with Crippen molar-refractivity contribution in [2.45, 2.75) is 13.5 Å². The van der Waals surface area contributed by atoms with Crippen LogP contribution in [-0.2, 0) is 13.6 Å². The van der Waals surface area contributed by atoms with Gasteiger partial charge in [0.1, 0.15) is 5.15 Å². The molecule has 0 aliphatic rings. The first kappa shape index (κ1) is 13.4. The van der Waals surface area contributed by atoms with Gasteiger partial charge >= 0.3 is 0 Å². The molecule has 6 nitrogen and oxygen atoms in total. The highest BCUT2D eigenvalue weighted by Crippen LogP contribution is 2.15. The molecular weight excluding hydrogens is 266 g/mol. The van der Waals surface area contributed by atoms with Crippen molar-refractivity contribution >= 4 is 23.2 Å². The molecular formula is C12H14ClN5O. The first-order chi connectivity index (χ1) is 8.97. The molecule has 0 aliphatic heterocycles. The lowest BCUT2D eigenvalue weighted by Crippen LogP contribution is -2.24. The number of hydrogen-bond donors (Lipinski definition) is 2. The van der Waals surface area contributed by atoms with Crippen molar-refractivity contribution in [3.05, 3.63) is 40.4 Å². The van der Waals surface area contributed by atoms with Gasteiger partial charge in [0.2, 0.25) is 0 Å². The maximum atomic E-state index is 12.0. The van der Waals surface area contributed by atoms with Gasteiger partial charge in [-0.1, -0.05) is 11.6 Å². The fourth-order valence-corrected chi connectivity index (χ4v) is 1.89. The topological polar surface area (TPSA) is 85.8 Å². The van der Waals surface area contributed by atoms with E-state index in [1.54, 1.807) is 4.68 Å². The number of anilines is 1. The Morgan fingerprint density at radius 1 is 1.58 bits per heavy atom. The Kier molecular flexibility index (Phi) is 3.71. The van der Waals surface area contributed by atoms with Crippen LogP contribution in [0, 0.1) is 6.92 Å². The molecule has 0 aromatic carbocycles. The van der Waals surface area contributed by atoms with Gasteiger partial charge in [0.05, 0.1) is 23.1 Å². The summed E-state index contributed by atoms with van der Waals surface area (Å²) in [6.07, 6.45) is 3.23. The van der Waals surface area contributed by atoms with Crippen LogP contribution in [0.3, 0.4) is 0 Å². The minimum atomic E-state index is -0.287. The highest BCUT2D eigenvalue weighted by atomic mass is 35.5. The number of carbonyl (C=O) groups is 1. The summed E-state index contributed by atoms with van der Waals surface area (Å²) in [5.41, 5.74) is 8.14. The molecule has 2 heterocycles. The molecule has 7 heteroatoms. The number of halogens is 1. The van der Waals surface area contributed by atoms with E-state index in [4.69, 9.17) is 17.3 Å². The van der Waals surface area contributed by atoms with Crippen LogP contribution < -0.4 is 11.1 Å². The number of nitrogens with two attached hydrogens (primary N) is 1. The summed E-state index contributed by atoms with van der Waals surface area (Å²) in [5.74, 6) is -0.287. The van der Waals surface area contributed by atoms with Crippen LogP contribution in [0.15, 0.2) is 18.5 Å². The average molecular weight is 280 g/mol. The van der Waals surface area contributed by atoms with Gasteiger partial charge in [0.15, 0.2) is 0 Å². The van der Waals surface area contributed by atoms with E-state index in [1.165, 1.54) is 12.3 Å². The largest absolute Gasteiger partial charge is 0.397 e. The zero-order chi connectivity index (χ0) is 14.0. The van der Waals surface area contributed by atoms with Crippen LogP contribution in [0.4, 0.5) is 5.69 Å². The molecule has 19 heavy (non-hydrogen) atoms. The monoisotopic (exact) mass is 279 g/mol. The third-order valence-corrected chi connectivity index (χ3v) is 2.91. The van der Waals surface area contributed by atoms with Crippen LogP contribution in [0.5, 0.6) is 0 Å². The summed E-state index contributed by atoms with van der Waals surface area (Å²) in [4.78, 5) is 15.8. The molecule has 0 atom stereocenters. The minimum Gasteiger partial charge on any atom is -0.397 e. The molecule has 3 N–H and O–H groups in total. The third-order valence-electron chi connectivity index (χ3n) is 2.70. The molecule has 100 valence electrons. The van der Waals surface area contributed by atoms with Gasteiger partial charge in [-0.3, -0.25) is 9.48 Å². The number of rotatable bonds is 3. The second kappa shape index (κ2) is 5.27. The van der Waals surface area contributed by atoms with Gasteiger partial charge in [-0.25, -0.2) is 4.98 Å². The molecule has 2 rings (SSSR count). The lowest BCUT2D eigenvalue weighted by molar-refractivity contribution is 0.0951. The van der Waals surface area contributed by atoms with Gasteiger partial charge in [0.25, 0.3) is 5.91 Å². The molecule has 0 unspecified atom stereocenters. The van der Waals surface area contributed by atoms with Gasteiger partial charge in [-0.05, 0) is 13.0 Å². The highest BCUT2D eigenvalue weighted by Gasteiger charge is 2.12. The Bertz CT molecular complexity index is 623. The summed E-state index contributed by atoms with van der Waals surface area (Å²) < 4.78 is 1.70. The number of aromatic nitrogens is 3. The van der Waals surface area contributed by atoms with Crippen LogP contribution in [0.1, 0.15) is 21.6 Å². The number of carbonyl (C=O) groups excluding carboxylic acids is 1. The Labute approximate surface area is 115 Å². The molecule has 0 radical (unpaired) electrons. The smallest absolute Gasteiger partial charge is 0.253 e. The molecule has 0 saturated carbocycles. The number of nitrogens with zero attached hydrogens (tertiary/aromatic N) is 3. The van der Waals surface area contributed by atoms with Crippen molar-refractivity contribution in [1.82, 2.24) is 20.1 Å². The standard InChI is InChI=1S/C12H14ClN5O/c1-7-8(6-18(2)17-7)4-16-12(19)9-3-11(13)15-5-10(9)14/h3,5-6H,4,14H2,1-2H3,(H,16,19). The molecule has 1 amide bonds. The molecule has 2 aromatic heterocycles. The van der Waals surface area contributed by atoms with E-state index in [0.717, 1.165) is 11.3 Å². The quantitative estimate of drug-likeness (QED) is 0.829. The summed E-state index contributed by atoms with van der Waals surface area (Å²) in [5, 5.41) is 7.22. The number of nitrogens with one attached hydrogen (secondary N) is 1. The summed E-state index contributed by atoms with van der Waals surface area (Å²) in [7, 11) is 1.83. The Morgan fingerprint density at radius 2 is 2.32 bits per heavy atom. The van der Waals surface area contributed by atoms with Crippen LogP contribution in [0.2, 0.25) is 5.15 Å². The van der Waals surface area contributed by atoms with E-state index in [2.05, 4.69) is 15.4 Å². The van der Waals surface area contributed by atoms with Gasteiger partial charge in [0, 0.05) is 25.4 Å². The van der Waals surface area contributed by atoms with Crippen LogP contribution >= 0.6 is 11.6 Å². The summed E-state index contributed by atoms with van der Waals surface area (Å²) >= 11 is 5.75. The van der Waals surface area contributed by atoms with E-state index in [-0.39, 0.29) is 11.1 Å².